The molecule has 0 saturated carbocycles. The third-order valence-corrected chi connectivity index (χ3v) is 5.42. The van der Waals surface area contributed by atoms with Crippen LogP contribution in [0, 0.1) is 19.7 Å². The van der Waals surface area contributed by atoms with Crippen LogP contribution in [0.5, 0.6) is 0 Å². The van der Waals surface area contributed by atoms with Crippen LogP contribution in [-0.2, 0) is 12.8 Å². The van der Waals surface area contributed by atoms with Crippen molar-refractivity contribution in [1.29, 1.82) is 0 Å². The summed E-state index contributed by atoms with van der Waals surface area (Å²) in [4.78, 5) is 13.2. The van der Waals surface area contributed by atoms with E-state index >= 15 is 0 Å². The molecule has 0 saturated heterocycles. The van der Waals surface area contributed by atoms with Gasteiger partial charge in [-0.25, -0.2) is 9.37 Å². The predicted octanol–water partition coefficient (Wildman–Crippen LogP) is 3.95. The summed E-state index contributed by atoms with van der Waals surface area (Å²) in [6, 6.07) is 4.84. The number of benzene rings is 1. The molecule has 3 N–H and O–H groups in total. The maximum absolute atomic E-state index is 13.3. The van der Waals surface area contributed by atoms with Crippen molar-refractivity contribution in [2.75, 3.05) is 20.1 Å². The van der Waals surface area contributed by atoms with Gasteiger partial charge in [0.15, 0.2) is 5.96 Å². The molecule has 0 amide bonds. The van der Waals surface area contributed by atoms with Gasteiger partial charge >= 0.3 is 0 Å². The normalized spacial score (nSPS) is 11.5. The highest BCUT2D eigenvalue weighted by atomic mass is 127. The van der Waals surface area contributed by atoms with Gasteiger partial charge in [-0.05, 0) is 44.0 Å². The van der Waals surface area contributed by atoms with E-state index in [-0.39, 0.29) is 29.8 Å². The Morgan fingerprint density at radius 3 is 2.63 bits per heavy atom. The highest BCUT2D eigenvalue weighted by Crippen LogP contribution is 2.19. The summed E-state index contributed by atoms with van der Waals surface area (Å²) in [5.41, 5.74) is 3.12. The molecule has 0 fully saturated rings. The Labute approximate surface area is 179 Å². The van der Waals surface area contributed by atoms with Crippen LogP contribution in [0.1, 0.15) is 21.1 Å². The fourth-order valence-corrected chi connectivity index (χ4v) is 3.94. The second kappa shape index (κ2) is 10.0. The Balaban J connectivity index is 0.00000261. The Morgan fingerprint density at radius 1 is 1.22 bits per heavy atom. The van der Waals surface area contributed by atoms with Gasteiger partial charge in [-0.3, -0.25) is 4.99 Å². The lowest BCUT2D eigenvalue weighted by atomic mass is 10.1. The largest absolute Gasteiger partial charge is 0.361 e. The summed E-state index contributed by atoms with van der Waals surface area (Å²) in [5.74, 6) is 0.565. The number of aromatic nitrogens is 2. The first-order chi connectivity index (χ1) is 12.6. The monoisotopic (exact) mass is 501 g/mol. The molecule has 0 radical (unpaired) electrons. The minimum Gasteiger partial charge on any atom is -0.361 e. The second-order valence-corrected chi connectivity index (χ2v) is 7.46. The van der Waals surface area contributed by atoms with Gasteiger partial charge in [-0.15, -0.1) is 35.3 Å². The third-order valence-electron chi connectivity index (χ3n) is 4.28. The van der Waals surface area contributed by atoms with Crippen molar-refractivity contribution in [3.63, 3.8) is 0 Å². The molecule has 27 heavy (non-hydrogen) atoms. The number of nitrogens with one attached hydrogen (secondary N) is 3. The number of guanidine groups is 1. The molecule has 0 spiro atoms. The van der Waals surface area contributed by atoms with Crippen molar-refractivity contribution in [2.24, 2.45) is 4.99 Å². The van der Waals surface area contributed by atoms with Gasteiger partial charge in [0.1, 0.15) is 5.82 Å². The first-order valence-electron chi connectivity index (χ1n) is 8.69. The molecule has 0 bridgehead atoms. The van der Waals surface area contributed by atoms with Crippen LogP contribution < -0.4 is 10.6 Å². The van der Waals surface area contributed by atoms with Crippen LogP contribution in [0.3, 0.4) is 0 Å². The Morgan fingerprint density at radius 2 is 1.96 bits per heavy atom. The topological polar surface area (TPSA) is 65.1 Å². The highest BCUT2D eigenvalue weighted by Gasteiger charge is 2.07. The SMILES string of the molecule is CN=C(NCCc1sc(C)nc1C)NCCc1c[nH]c2cc(F)ccc12.I. The van der Waals surface area contributed by atoms with E-state index in [0.717, 1.165) is 53.5 Å². The predicted molar refractivity (Wildman–Crippen MR) is 122 cm³/mol. The minimum atomic E-state index is -0.222. The van der Waals surface area contributed by atoms with Crippen molar-refractivity contribution < 1.29 is 4.39 Å². The maximum atomic E-state index is 13.3. The molecule has 3 aromatic rings. The zero-order valence-electron chi connectivity index (χ0n) is 15.7. The summed E-state index contributed by atoms with van der Waals surface area (Å²) in [6.45, 7) is 5.66. The van der Waals surface area contributed by atoms with Crippen LogP contribution in [0.25, 0.3) is 10.9 Å². The minimum absolute atomic E-state index is 0. The van der Waals surface area contributed by atoms with Crippen molar-refractivity contribution >= 4 is 52.2 Å². The van der Waals surface area contributed by atoms with Gasteiger partial charge in [0.25, 0.3) is 0 Å². The number of aromatic amines is 1. The molecular formula is C19H25FIN5S. The first-order valence-corrected chi connectivity index (χ1v) is 9.51. The van der Waals surface area contributed by atoms with E-state index < -0.39 is 0 Å². The number of aryl methyl sites for hydroxylation is 2. The molecule has 0 aliphatic rings. The Bertz CT molecular complexity index is 918. The molecule has 0 aliphatic heterocycles. The quantitative estimate of drug-likeness (QED) is 0.272. The van der Waals surface area contributed by atoms with Crippen LogP contribution >= 0.6 is 35.3 Å². The van der Waals surface area contributed by atoms with Crippen LogP contribution in [0.15, 0.2) is 29.4 Å². The molecule has 0 aliphatic carbocycles. The number of thiazole rings is 1. The van der Waals surface area contributed by atoms with E-state index in [1.807, 2.05) is 19.2 Å². The molecule has 0 unspecified atom stereocenters. The van der Waals surface area contributed by atoms with Crippen molar-refractivity contribution in [3.8, 4) is 0 Å². The number of H-pyrrole nitrogens is 1. The number of nitrogens with zero attached hydrogens (tertiary/aromatic N) is 2. The van der Waals surface area contributed by atoms with Crippen molar-refractivity contribution in [1.82, 2.24) is 20.6 Å². The van der Waals surface area contributed by atoms with E-state index in [4.69, 9.17) is 0 Å². The van der Waals surface area contributed by atoms with Gasteiger partial charge in [-0.2, -0.15) is 0 Å². The summed E-state index contributed by atoms with van der Waals surface area (Å²) in [5, 5.41) is 8.84. The van der Waals surface area contributed by atoms with Gasteiger partial charge in [-0.1, -0.05) is 0 Å². The molecule has 8 heteroatoms. The number of halogens is 2. The lowest BCUT2D eigenvalue weighted by molar-refractivity contribution is 0.629. The van der Waals surface area contributed by atoms with E-state index in [2.05, 4.69) is 32.5 Å². The second-order valence-electron chi connectivity index (χ2n) is 6.17. The fourth-order valence-electron chi connectivity index (χ4n) is 3.00. The van der Waals surface area contributed by atoms with Crippen LogP contribution in [-0.4, -0.2) is 36.1 Å². The lowest BCUT2D eigenvalue weighted by Gasteiger charge is -2.11. The molecule has 2 heterocycles. The van der Waals surface area contributed by atoms with Crippen LogP contribution in [0.2, 0.25) is 0 Å². The smallest absolute Gasteiger partial charge is 0.190 e. The summed E-state index contributed by atoms with van der Waals surface area (Å²) < 4.78 is 13.3. The first kappa shape index (κ1) is 21.6. The fraction of sp³-hybridized carbons (Fsp3) is 0.368. The van der Waals surface area contributed by atoms with E-state index in [1.54, 1.807) is 18.4 Å². The Hall–Kier alpha value is -1.68. The highest BCUT2D eigenvalue weighted by molar-refractivity contribution is 14.0. The lowest BCUT2D eigenvalue weighted by Crippen LogP contribution is -2.39. The van der Waals surface area contributed by atoms with Crippen molar-refractivity contribution in [3.05, 3.63) is 51.4 Å². The number of fused-ring (bicyclic) bond motifs is 1. The van der Waals surface area contributed by atoms with E-state index in [1.165, 1.54) is 22.6 Å². The molecule has 146 valence electrons. The van der Waals surface area contributed by atoms with E-state index in [0.29, 0.717) is 0 Å². The summed E-state index contributed by atoms with van der Waals surface area (Å²) in [6.07, 6.45) is 3.71. The zero-order chi connectivity index (χ0) is 18.5. The summed E-state index contributed by atoms with van der Waals surface area (Å²) in [7, 11) is 1.77. The number of hydrogen-bond donors (Lipinski definition) is 3. The third kappa shape index (κ3) is 5.65. The summed E-state index contributed by atoms with van der Waals surface area (Å²) >= 11 is 1.75. The number of hydrogen-bond acceptors (Lipinski definition) is 3. The van der Waals surface area contributed by atoms with Crippen LogP contribution in [0.4, 0.5) is 4.39 Å². The standard InChI is InChI=1S/C19H24FN5S.HI/c1-12-18(26-13(2)25-12)7-9-23-19(21-3)22-8-6-14-11-24-17-10-15(20)4-5-16(14)17;/h4-5,10-11,24H,6-9H2,1-3H3,(H2,21,22,23);1H. The molecule has 0 atom stereocenters. The zero-order valence-corrected chi connectivity index (χ0v) is 18.9. The number of rotatable bonds is 6. The maximum Gasteiger partial charge on any atom is 0.190 e. The van der Waals surface area contributed by atoms with Crippen molar-refractivity contribution in [2.45, 2.75) is 26.7 Å². The Kier molecular flexibility index (Phi) is 8.03. The van der Waals surface area contributed by atoms with Gasteiger partial charge in [0.05, 0.1) is 10.7 Å². The molecule has 1 aromatic carbocycles. The molecular weight excluding hydrogens is 476 g/mol. The molecule has 5 nitrogen and oxygen atoms in total. The number of aliphatic imine (C=N–C) groups is 1. The average Bonchev–Trinajstić information content (AvgIpc) is 3.15. The van der Waals surface area contributed by atoms with E-state index in [9.17, 15) is 4.39 Å². The van der Waals surface area contributed by atoms with Gasteiger partial charge < -0.3 is 15.6 Å². The average molecular weight is 501 g/mol. The molecule has 2 aromatic heterocycles. The molecule has 3 rings (SSSR count). The van der Waals surface area contributed by atoms with Gasteiger partial charge in [0, 0.05) is 48.5 Å². The van der Waals surface area contributed by atoms with Gasteiger partial charge in [0.2, 0.25) is 0 Å².